The molecule has 2 rings (SSSR count). The molecule has 2 aromatic heterocycles. The lowest BCUT2D eigenvalue weighted by Crippen LogP contribution is -2.06. The zero-order valence-corrected chi connectivity index (χ0v) is 12.0. The smallest absolute Gasteiger partial charge is 0.224 e. The third kappa shape index (κ3) is 3.14. The molecule has 19 heavy (non-hydrogen) atoms. The van der Waals surface area contributed by atoms with Gasteiger partial charge in [-0.1, -0.05) is 18.5 Å². The molecule has 0 aromatic carbocycles. The molecule has 0 saturated carbocycles. The third-order valence-corrected chi connectivity index (χ3v) is 3.02. The Balaban J connectivity index is 2.13. The summed E-state index contributed by atoms with van der Waals surface area (Å²) in [6.07, 6.45) is 4.48. The van der Waals surface area contributed by atoms with Crippen LogP contribution in [-0.2, 0) is 20.0 Å². The highest BCUT2D eigenvalue weighted by Gasteiger charge is 2.08. The summed E-state index contributed by atoms with van der Waals surface area (Å²) in [5.41, 5.74) is 2.22. The van der Waals surface area contributed by atoms with E-state index in [1.54, 1.807) is 13.2 Å². The van der Waals surface area contributed by atoms with Gasteiger partial charge in [0.15, 0.2) is 5.82 Å². The van der Waals surface area contributed by atoms with Gasteiger partial charge in [0.25, 0.3) is 0 Å². The van der Waals surface area contributed by atoms with Crippen molar-refractivity contribution in [1.82, 2.24) is 19.7 Å². The highest BCUT2D eigenvalue weighted by atomic mass is 35.5. The monoisotopic (exact) mass is 280 g/mol. The van der Waals surface area contributed by atoms with Gasteiger partial charge in [-0.05, 0) is 6.42 Å². The van der Waals surface area contributed by atoms with Crippen LogP contribution >= 0.6 is 11.6 Å². The molecule has 102 valence electrons. The Bertz CT molecular complexity index is 565. The molecule has 2 N–H and O–H groups in total. The zero-order valence-electron chi connectivity index (χ0n) is 11.2. The molecule has 6 nitrogen and oxygen atoms in total. The third-order valence-electron chi connectivity index (χ3n) is 2.74. The van der Waals surface area contributed by atoms with Gasteiger partial charge in [0.1, 0.15) is 5.02 Å². The first-order valence-corrected chi connectivity index (χ1v) is 6.47. The minimum Gasteiger partial charge on any atom is -0.364 e. The van der Waals surface area contributed by atoms with E-state index in [-0.39, 0.29) is 0 Å². The Hall–Kier alpha value is -1.82. The summed E-state index contributed by atoms with van der Waals surface area (Å²) >= 11 is 6.06. The van der Waals surface area contributed by atoms with E-state index in [4.69, 9.17) is 11.6 Å². The molecule has 2 aromatic rings. The van der Waals surface area contributed by atoms with Crippen LogP contribution in [0.4, 0.5) is 11.8 Å². The number of hydrogen-bond acceptors (Lipinski definition) is 5. The summed E-state index contributed by atoms with van der Waals surface area (Å²) in [5, 5.41) is 11.0. The first-order valence-electron chi connectivity index (χ1n) is 6.09. The van der Waals surface area contributed by atoms with E-state index in [1.165, 1.54) is 0 Å². The predicted molar refractivity (Wildman–Crippen MR) is 76.5 cm³/mol. The van der Waals surface area contributed by atoms with Crippen LogP contribution in [0.3, 0.4) is 0 Å². The molecule has 7 heteroatoms. The Labute approximate surface area is 117 Å². The molecular formula is C12H17ClN6. The van der Waals surface area contributed by atoms with E-state index in [9.17, 15) is 0 Å². The van der Waals surface area contributed by atoms with Gasteiger partial charge in [0.05, 0.1) is 11.9 Å². The van der Waals surface area contributed by atoms with Crippen LogP contribution in [0.15, 0.2) is 12.4 Å². The molecule has 0 aliphatic heterocycles. The second-order valence-corrected chi connectivity index (χ2v) is 4.53. The minimum absolute atomic E-state index is 0.501. The number of rotatable bonds is 5. The largest absolute Gasteiger partial charge is 0.364 e. The first kappa shape index (κ1) is 13.6. The zero-order chi connectivity index (χ0) is 13.8. The Kier molecular flexibility index (Phi) is 4.21. The Morgan fingerprint density at radius 2 is 2.21 bits per heavy atom. The van der Waals surface area contributed by atoms with Gasteiger partial charge in [-0.15, -0.1) is 0 Å². The van der Waals surface area contributed by atoms with Crippen molar-refractivity contribution < 1.29 is 0 Å². The maximum absolute atomic E-state index is 6.06. The van der Waals surface area contributed by atoms with Crippen molar-refractivity contribution in [3.05, 3.63) is 28.7 Å². The van der Waals surface area contributed by atoms with Crippen molar-refractivity contribution >= 4 is 23.4 Å². The molecule has 0 radical (unpaired) electrons. The van der Waals surface area contributed by atoms with Gasteiger partial charge in [-0.3, -0.25) is 4.68 Å². The SMILES string of the molecule is CCc1nn(C)cc1CNc1nc(NC)ncc1Cl. The second kappa shape index (κ2) is 5.88. The Morgan fingerprint density at radius 1 is 1.42 bits per heavy atom. The summed E-state index contributed by atoms with van der Waals surface area (Å²) in [5.74, 6) is 1.15. The number of aromatic nitrogens is 4. The quantitative estimate of drug-likeness (QED) is 0.878. The van der Waals surface area contributed by atoms with E-state index in [0.29, 0.717) is 23.3 Å². The number of nitrogens with zero attached hydrogens (tertiary/aromatic N) is 4. The van der Waals surface area contributed by atoms with E-state index in [1.807, 2.05) is 17.9 Å². The average Bonchev–Trinajstić information content (AvgIpc) is 2.78. The van der Waals surface area contributed by atoms with Gasteiger partial charge in [-0.25, -0.2) is 4.98 Å². The van der Waals surface area contributed by atoms with Gasteiger partial charge in [-0.2, -0.15) is 10.1 Å². The highest BCUT2D eigenvalue weighted by Crippen LogP contribution is 2.20. The van der Waals surface area contributed by atoms with Gasteiger partial charge < -0.3 is 10.6 Å². The van der Waals surface area contributed by atoms with E-state index in [0.717, 1.165) is 17.7 Å². The molecule has 2 heterocycles. The lowest BCUT2D eigenvalue weighted by atomic mass is 10.2. The summed E-state index contributed by atoms with van der Waals surface area (Å²) in [7, 11) is 3.68. The minimum atomic E-state index is 0.501. The number of aryl methyl sites for hydroxylation is 2. The van der Waals surface area contributed by atoms with Gasteiger partial charge >= 0.3 is 0 Å². The predicted octanol–water partition coefficient (Wildman–Crippen LogP) is 2.08. The van der Waals surface area contributed by atoms with Crippen LogP contribution < -0.4 is 10.6 Å². The van der Waals surface area contributed by atoms with Crippen molar-refractivity contribution in [3.63, 3.8) is 0 Å². The summed E-state index contributed by atoms with van der Waals surface area (Å²) in [4.78, 5) is 8.32. The number of halogens is 1. The number of nitrogens with one attached hydrogen (secondary N) is 2. The molecule has 0 atom stereocenters. The highest BCUT2D eigenvalue weighted by molar-refractivity contribution is 6.32. The lowest BCUT2D eigenvalue weighted by molar-refractivity contribution is 0.746. The van der Waals surface area contributed by atoms with Crippen molar-refractivity contribution in [1.29, 1.82) is 0 Å². The molecule has 0 aliphatic carbocycles. The fourth-order valence-corrected chi connectivity index (χ4v) is 1.98. The normalized spacial score (nSPS) is 10.5. The molecule has 0 aliphatic rings. The summed E-state index contributed by atoms with van der Waals surface area (Å²) < 4.78 is 1.82. The van der Waals surface area contributed by atoms with Crippen LogP contribution in [-0.4, -0.2) is 26.8 Å². The van der Waals surface area contributed by atoms with Crippen LogP contribution in [0.25, 0.3) is 0 Å². The van der Waals surface area contributed by atoms with Crippen molar-refractivity contribution in [2.45, 2.75) is 19.9 Å². The van der Waals surface area contributed by atoms with Crippen LogP contribution in [0, 0.1) is 0 Å². The van der Waals surface area contributed by atoms with Gasteiger partial charge in [0.2, 0.25) is 5.95 Å². The summed E-state index contributed by atoms with van der Waals surface area (Å²) in [6.45, 7) is 2.72. The molecule has 0 spiro atoms. The molecule has 0 fully saturated rings. The van der Waals surface area contributed by atoms with E-state index < -0.39 is 0 Å². The molecule has 0 bridgehead atoms. The lowest BCUT2D eigenvalue weighted by Gasteiger charge is -2.08. The first-order chi connectivity index (χ1) is 9.13. The average molecular weight is 281 g/mol. The van der Waals surface area contributed by atoms with Crippen LogP contribution in [0.5, 0.6) is 0 Å². The molecule has 0 amide bonds. The van der Waals surface area contributed by atoms with Crippen molar-refractivity contribution in [2.75, 3.05) is 17.7 Å². The van der Waals surface area contributed by atoms with E-state index in [2.05, 4.69) is 32.6 Å². The topological polar surface area (TPSA) is 67.7 Å². The molecule has 0 saturated heterocycles. The fraction of sp³-hybridized carbons (Fsp3) is 0.417. The maximum Gasteiger partial charge on any atom is 0.224 e. The number of anilines is 2. The molecule has 0 unspecified atom stereocenters. The van der Waals surface area contributed by atoms with Gasteiger partial charge in [0, 0.05) is 32.4 Å². The van der Waals surface area contributed by atoms with Crippen LogP contribution in [0.1, 0.15) is 18.2 Å². The molecular weight excluding hydrogens is 264 g/mol. The van der Waals surface area contributed by atoms with E-state index >= 15 is 0 Å². The van der Waals surface area contributed by atoms with Crippen molar-refractivity contribution in [3.8, 4) is 0 Å². The summed E-state index contributed by atoms with van der Waals surface area (Å²) in [6, 6.07) is 0. The second-order valence-electron chi connectivity index (χ2n) is 4.12. The van der Waals surface area contributed by atoms with Crippen LogP contribution in [0.2, 0.25) is 5.02 Å². The van der Waals surface area contributed by atoms with Crippen molar-refractivity contribution in [2.24, 2.45) is 7.05 Å². The standard InChI is InChI=1S/C12H17ClN6/c1-4-10-8(7-19(3)18-10)5-15-11-9(13)6-16-12(14-2)17-11/h6-7H,4-5H2,1-3H3,(H2,14,15,16,17). The maximum atomic E-state index is 6.06. The number of hydrogen-bond donors (Lipinski definition) is 2. The Morgan fingerprint density at radius 3 is 2.89 bits per heavy atom. The fourth-order valence-electron chi connectivity index (χ4n) is 1.82.